The van der Waals surface area contributed by atoms with Gasteiger partial charge in [0.1, 0.15) is 17.3 Å². The summed E-state index contributed by atoms with van der Waals surface area (Å²) in [5.74, 6) is 2.25. The molecule has 0 fully saturated rings. The number of nitrogens with one attached hydrogen (secondary N) is 2. The maximum atomic E-state index is 5.93. The Hall–Kier alpha value is -2.31. The molecule has 6 nitrogen and oxygen atoms in total. The van der Waals surface area contributed by atoms with Gasteiger partial charge >= 0.3 is 0 Å². The number of ether oxygens (including phenoxy) is 2. The van der Waals surface area contributed by atoms with Gasteiger partial charge in [0.2, 0.25) is 0 Å². The van der Waals surface area contributed by atoms with E-state index in [9.17, 15) is 0 Å². The van der Waals surface area contributed by atoms with Crippen molar-refractivity contribution in [3.8, 4) is 22.9 Å². The van der Waals surface area contributed by atoms with E-state index in [2.05, 4.69) is 20.3 Å². The van der Waals surface area contributed by atoms with Gasteiger partial charge in [-0.05, 0) is 44.3 Å². The summed E-state index contributed by atoms with van der Waals surface area (Å²) in [7, 11) is 3.57. The first-order valence-corrected chi connectivity index (χ1v) is 7.58. The van der Waals surface area contributed by atoms with E-state index in [-0.39, 0.29) is 12.4 Å². The Morgan fingerprint density at radius 2 is 2.12 bits per heavy atom. The normalized spacial score (nSPS) is 10.4. The fourth-order valence-corrected chi connectivity index (χ4v) is 2.35. The third kappa shape index (κ3) is 3.96. The Bertz CT molecular complexity index is 758. The number of imidazole rings is 1. The van der Waals surface area contributed by atoms with Crippen LogP contribution in [0.3, 0.4) is 0 Å². The second kappa shape index (κ2) is 8.52. The number of fused-ring (bicyclic) bond motifs is 1. The number of aromatic amines is 1. The van der Waals surface area contributed by atoms with Gasteiger partial charge in [0.15, 0.2) is 5.65 Å². The number of aromatic nitrogens is 3. The molecule has 3 aromatic rings. The predicted octanol–water partition coefficient (Wildman–Crippen LogP) is 3.04. The summed E-state index contributed by atoms with van der Waals surface area (Å²) in [4.78, 5) is 12.1. The third-order valence-corrected chi connectivity index (χ3v) is 3.53. The molecule has 0 radical (unpaired) electrons. The van der Waals surface area contributed by atoms with E-state index < -0.39 is 0 Å². The Balaban J connectivity index is 0.00000208. The SMILES string of the molecule is CNCCCOc1cc(OC)ccc1-c1nc2ncccc2[nH]1.Cl. The van der Waals surface area contributed by atoms with Crippen LogP contribution in [0.4, 0.5) is 0 Å². The summed E-state index contributed by atoms with van der Waals surface area (Å²) in [5, 5.41) is 3.11. The van der Waals surface area contributed by atoms with E-state index in [1.165, 1.54) is 0 Å². The highest BCUT2D eigenvalue weighted by atomic mass is 35.5. The number of hydrogen-bond acceptors (Lipinski definition) is 5. The van der Waals surface area contributed by atoms with Crippen LogP contribution in [0.5, 0.6) is 11.5 Å². The number of hydrogen-bond donors (Lipinski definition) is 2. The molecule has 0 aliphatic heterocycles. The van der Waals surface area contributed by atoms with Crippen LogP contribution in [-0.4, -0.2) is 42.3 Å². The van der Waals surface area contributed by atoms with Crippen molar-refractivity contribution < 1.29 is 9.47 Å². The summed E-state index contributed by atoms with van der Waals surface area (Å²) in [5.41, 5.74) is 2.49. The molecule has 2 heterocycles. The second-order valence-corrected chi connectivity index (χ2v) is 5.13. The fraction of sp³-hybridized carbons (Fsp3) is 0.294. The van der Waals surface area contributed by atoms with Crippen molar-refractivity contribution in [2.75, 3.05) is 27.3 Å². The minimum absolute atomic E-state index is 0. The van der Waals surface area contributed by atoms with Crippen LogP contribution in [0.2, 0.25) is 0 Å². The predicted molar refractivity (Wildman–Crippen MR) is 97.2 cm³/mol. The molecule has 0 spiro atoms. The first-order valence-electron chi connectivity index (χ1n) is 7.58. The van der Waals surface area contributed by atoms with Crippen LogP contribution in [0.1, 0.15) is 6.42 Å². The number of rotatable bonds is 7. The lowest BCUT2D eigenvalue weighted by molar-refractivity contribution is 0.308. The number of H-pyrrole nitrogens is 1. The minimum atomic E-state index is 0. The van der Waals surface area contributed by atoms with E-state index in [1.807, 2.05) is 37.4 Å². The topological polar surface area (TPSA) is 72.1 Å². The molecule has 0 amide bonds. The number of benzene rings is 1. The van der Waals surface area contributed by atoms with Crippen molar-refractivity contribution in [2.45, 2.75) is 6.42 Å². The first-order chi connectivity index (χ1) is 11.3. The quantitative estimate of drug-likeness (QED) is 0.642. The van der Waals surface area contributed by atoms with Crippen molar-refractivity contribution in [1.29, 1.82) is 0 Å². The van der Waals surface area contributed by atoms with Crippen molar-refractivity contribution in [3.05, 3.63) is 36.5 Å². The van der Waals surface area contributed by atoms with Crippen LogP contribution < -0.4 is 14.8 Å². The average Bonchev–Trinajstić information content (AvgIpc) is 3.02. The highest BCUT2D eigenvalue weighted by Crippen LogP contribution is 2.32. The maximum absolute atomic E-state index is 5.93. The van der Waals surface area contributed by atoms with Crippen molar-refractivity contribution in [1.82, 2.24) is 20.3 Å². The number of methoxy groups -OCH3 is 1. The summed E-state index contributed by atoms with van der Waals surface area (Å²) >= 11 is 0. The van der Waals surface area contributed by atoms with Crippen molar-refractivity contribution in [3.63, 3.8) is 0 Å². The van der Waals surface area contributed by atoms with E-state index in [0.717, 1.165) is 41.4 Å². The Labute approximate surface area is 147 Å². The van der Waals surface area contributed by atoms with Crippen LogP contribution in [0.15, 0.2) is 36.5 Å². The van der Waals surface area contributed by atoms with Gasteiger partial charge in [-0.2, -0.15) is 0 Å². The molecule has 0 aliphatic rings. The van der Waals surface area contributed by atoms with Gasteiger partial charge in [-0.3, -0.25) is 0 Å². The lowest BCUT2D eigenvalue weighted by Crippen LogP contribution is -2.11. The monoisotopic (exact) mass is 348 g/mol. The maximum Gasteiger partial charge on any atom is 0.178 e. The molecule has 0 unspecified atom stereocenters. The molecule has 0 bridgehead atoms. The molecule has 3 rings (SSSR count). The molecule has 2 aromatic heterocycles. The van der Waals surface area contributed by atoms with Crippen LogP contribution in [0.25, 0.3) is 22.6 Å². The highest BCUT2D eigenvalue weighted by Gasteiger charge is 2.13. The summed E-state index contributed by atoms with van der Waals surface area (Å²) in [6.07, 6.45) is 2.66. The molecule has 2 N–H and O–H groups in total. The fourth-order valence-electron chi connectivity index (χ4n) is 2.35. The van der Waals surface area contributed by atoms with E-state index in [1.54, 1.807) is 13.3 Å². The Kier molecular flexibility index (Phi) is 6.40. The van der Waals surface area contributed by atoms with E-state index in [0.29, 0.717) is 12.3 Å². The highest BCUT2D eigenvalue weighted by molar-refractivity contribution is 5.85. The Morgan fingerprint density at radius 3 is 2.88 bits per heavy atom. The van der Waals surface area contributed by atoms with Gasteiger partial charge in [0, 0.05) is 12.3 Å². The third-order valence-electron chi connectivity index (χ3n) is 3.53. The Morgan fingerprint density at radius 1 is 1.25 bits per heavy atom. The zero-order chi connectivity index (χ0) is 16.1. The van der Waals surface area contributed by atoms with Gasteiger partial charge in [-0.1, -0.05) is 0 Å². The molecule has 7 heteroatoms. The molecular formula is C17H21ClN4O2. The van der Waals surface area contributed by atoms with Gasteiger partial charge in [-0.15, -0.1) is 12.4 Å². The van der Waals surface area contributed by atoms with E-state index in [4.69, 9.17) is 9.47 Å². The van der Waals surface area contributed by atoms with Crippen molar-refractivity contribution >= 4 is 23.6 Å². The van der Waals surface area contributed by atoms with Crippen LogP contribution in [0, 0.1) is 0 Å². The molecule has 0 saturated heterocycles. The molecule has 128 valence electrons. The lowest BCUT2D eigenvalue weighted by atomic mass is 10.2. The standard InChI is InChI=1S/C17H20N4O2.ClH/c1-18-8-4-10-23-15-11-12(22-2)6-7-13(15)16-20-14-5-3-9-19-17(14)21-16;/h3,5-7,9,11,18H,4,8,10H2,1-2H3,(H,19,20,21);1H. The first kappa shape index (κ1) is 18.0. The average molecular weight is 349 g/mol. The smallest absolute Gasteiger partial charge is 0.178 e. The molecule has 24 heavy (non-hydrogen) atoms. The zero-order valence-electron chi connectivity index (χ0n) is 13.7. The molecule has 0 atom stereocenters. The summed E-state index contributed by atoms with van der Waals surface area (Å²) < 4.78 is 11.2. The number of nitrogens with zero attached hydrogens (tertiary/aromatic N) is 2. The van der Waals surface area contributed by atoms with E-state index >= 15 is 0 Å². The zero-order valence-corrected chi connectivity index (χ0v) is 14.5. The van der Waals surface area contributed by atoms with Gasteiger partial charge < -0.3 is 19.8 Å². The van der Waals surface area contributed by atoms with Crippen LogP contribution >= 0.6 is 12.4 Å². The largest absolute Gasteiger partial charge is 0.497 e. The van der Waals surface area contributed by atoms with Gasteiger partial charge in [0.05, 0.1) is 24.8 Å². The number of pyridine rings is 1. The van der Waals surface area contributed by atoms with Crippen molar-refractivity contribution in [2.24, 2.45) is 0 Å². The molecule has 0 aliphatic carbocycles. The summed E-state index contributed by atoms with van der Waals surface area (Å²) in [6.45, 7) is 1.54. The molecular weight excluding hydrogens is 328 g/mol. The number of halogens is 1. The van der Waals surface area contributed by atoms with Crippen LogP contribution in [-0.2, 0) is 0 Å². The second-order valence-electron chi connectivity index (χ2n) is 5.13. The lowest BCUT2D eigenvalue weighted by Gasteiger charge is -2.11. The minimum Gasteiger partial charge on any atom is -0.497 e. The molecule has 0 saturated carbocycles. The van der Waals surface area contributed by atoms with Gasteiger partial charge in [0.25, 0.3) is 0 Å². The van der Waals surface area contributed by atoms with Gasteiger partial charge in [-0.25, -0.2) is 9.97 Å². The summed E-state index contributed by atoms with van der Waals surface area (Å²) in [6, 6.07) is 9.57. The molecule has 1 aromatic carbocycles.